The van der Waals surface area contributed by atoms with Gasteiger partial charge in [-0.15, -0.1) is 0 Å². The first kappa shape index (κ1) is 20.8. The second kappa shape index (κ2) is 12.6. The number of rotatable bonds is 8. The molecule has 0 amide bonds. The molecule has 0 fully saturated rings. The van der Waals surface area contributed by atoms with Gasteiger partial charge >= 0.3 is 14.8 Å². The highest BCUT2D eigenvalue weighted by atomic mass is 28.4. The normalized spacial score (nSPS) is 10.6. The van der Waals surface area contributed by atoms with E-state index >= 15 is 0 Å². The molecule has 19 heavy (non-hydrogen) atoms. The maximum atomic E-state index is 11.1. The van der Waals surface area contributed by atoms with Gasteiger partial charge in [-0.25, -0.2) is 4.79 Å². The molecule has 0 unspecified atom stereocenters. The van der Waals surface area contributed by atoms with Gasteiger partial charge in [-0.1, -0.05) is 19.5 Å². The van der Waals surface area contributed by atoms with Crippen molar-refractivity contribution in [3.05, 3.63) is 12.2 Å². The highest BCUT2D eigenvalue weighted by Gasteiger charge is 2.36. The number of carbonyl (C=O) groups excluding carboxylic acids is 1. The molecule has 0 aromatic rings. The van der Waals surface area contributed by atoms with E-state index in [4.69, 9.17) is 18.0 Å². The first-order valence-electron chi connectivity index (χ1n) is 6.41. The van der Waals surface area contributed by atoms with E-state index in [-0.39, 0.29) is 5.97 Å². The zero-order chi connectivity index (χ0) is 15.3. The van der Waals surface area contributed by atoms with Gasteiger partial charge < -0.3 is 18.0 Å². The van der Waals surface area contributed by atoms with Crippen LogP contribution in [0, 0.1) is 0 Å². The molecule has 0 radical (unpaired) electrons. The van der Waals surface area contributed by atoms with Crippen LogP contribution in [0.4, 0.5) is 0 Å². The summed E-state index contributed by atoms with van der Waals surface area (Å²) in [5.41, 5.74) is 0.397. The van der Waals surface area contributed by atoms with Crippen LogP contribution in [0.3, 0.4) is 0 Å². The Kier molecular flexibility index (Phi) is 13.8. The molecule has 0 atom stereocenters. The lowest BCUT2D eigenvalue weighted by atomic mass is 10.4. The summed E-state index contributed by atoms with van der Waals surface area (Å²) in [6, 6.07) is 2.00. The minimum Gasteiger partial charge on any atom is -0.462 e. The van der Waals surface area contributed by atoms with Crippen molar-refractivity contribution in [2.24, 2.45) is 0 Å². The molecular formula is C12H28O5Si2. The first-order chi connectivity index (χ1) is 8.92. The molecule has 7 heteroatoms. The Hall–Kier alpha value is -0.476. The van der Waals surface area contributed by atoms with Gasteiger partial charge in [0.25, 0.3) is 0 Å². The van der Waals surface area contributed by atoms with Crippen molar-refractivity contribution in [2.75, 3.05) is 27.9 Å². The third-order valence-corrected chi connectivity index (χ3v) is 4.97. The van der Waals surface area contributed by atoms with Crippen molar-refractivity contribution in [1.82, 2.24) is 0 Å². The van der Waals surface area contributed by atoms with Gasteiger partial charge in [0.05, 0.1) is 6.61 Å². The van der Waals surface area contributed by atoms with E-state index in [0.717, 1.165) is 0 Å². The Balaban J connectivity index is 0. The zero-order valence-corrected chi connectivity index (χ0v) is 16.1. The van der Waals surface area contributed by atoms with Crippen LogP contribution in [0.15, 0.2) is 12.2 Å². The van der Waals surface area contributed by atoms with Crippen molar-refractivity contribution < 1.29 is 22.8 Å². The molecule has 114 valence electrons. The number of hydrogen-bond donors (Lipinski definition) is 0. The lowest BCUT2D eigenvalue weighted by Crippen LogP contribution is -2.42. The van der Waals surface area contributed by atoms with Crippen molar-refractivity contribution in [1.29, 1.82) is 0 Å². The highest BCUT2D eigenvalue weighted by Crippen LogP contribution is 2.14. The molecule has 0 aliphatic rings. The molecule has 5 nitrogen and oxygen atoms in total. The zero-order valence-electron chi connectivity index (χ0n) is 13.1. The highest BCUT2D eigenvalue weighted by molar-refractivity contribution is 6.60. The summed E-state index contributed by atoms with van der Waals surface area (Å²) >= 11 is 0. The minimum absolute atomic E-state index is 0.316. The first-order valence-corrected chi connectivity index (χ1v) is 9.75. The predicted octanol–water partition coefficient (Wildman–Crippen LogP) is 1.16. The van der Waals surface area contributed by atoms with Crippen molar-refractivity contribution in [3.63, 3.8) is 0 Å². The van der Waals surface area contributed by atoms with Crippen LogP contribution in [0.2, 0.25) is 12.1 Å². The largest absolute Gasteiger partial charge is 0.500 e. The summed E-state index contributed by atoms with van der Waals surface area (Å²) in [6.45, 7) is 7.61. The van der Waals surface area contributed by atoms with Crippen molar-refractivity contribution in [2.45, 2.75) is 32.4 Å². The molecule has 0 bridgehead atoms. The molecule has 0 aliphatic heterocycles. The van der Waals surface area contributed by atoms with Gasteiger partial charge in [0.15, 0.2) is 0 Å². The Morgan fingerprint density at radius 1 is 1.21 bits per heavy atom. The number of carbonyl (C=O) groups is 1. The summed E-state index contributed by atoms with van der Waals surface area (Å²) in [4.78, 5) is 11.1. The van der Waals surface area contributed by atoms with Gasteiger partial charge in [-0.2, -0.15) is 0 Å². The van der Waals surface area contributed by atoms with Crippen molar-refractivity contribution in [3.8, 4) is 0 Å². The van der Waals surface area contributed by atoms with Gasteiger partial charge in [-0.05, 0) is 13.3 Å². The van der Waals surface area contributed by atoms with Gasteiger partial charge in [0.1, 0.15) is 0 Å². The smallest absolute Gasteiger partial charge is 0.462 e. The predicted molar refractivity (Wildman–Crippen MR) is 82.4 cm³/mol. The summed E-state index contributed by atoms with van der Waals surface area (Å²) in [5, 5.41) is 0. The summed E-state index contributed by atoms with van der Waals surface area (Å²) in [5.74, 6) is -0.375. The third-order valence-electron chi connectivity index (χ3n) is 2.14. The maximum absolute atomic E-state index is 11.1. The summed E-state index contributed by atoms with van der Waals surface area (Å²) in [7, 11) is 3.50. The van der Waals surface area contributed by atoms with Crippen LogP contribution in [-0.2, 0) is 22.8 Å². The Bertz CT molecular complexity index is 246. The minimum atomic E-state index is -2.53. The van der Waals surface area contributed by atoms with Gasteiger partial charge in [-0.3, -0.25) is 0 Å². The number of hydrogen-bond acceptors (Lipinski definition) is 5. The molecule has 0 spiro atoms. The molecule has 0 N–H and O–H groups in total. The van der Waals surface area contributed by atoms with Crippen LogP contribution < -0.4 is 0 Å². The average Bonchev–Trinajstić information content (AvgIpc) is 2.40. The molecule has 0 aromatic carbocycles. The van der Waals surface area contributed by atoms with Crippen LogP contribution in [-0.4, -0.2) is 53.0 Å². The molecular weight excluding hydrogens is 280 g/mol. The molecule has 0 rings (SSSR count). The quantitative estimate of drug-likeness (QED) is 0.291. The number of esters is 1. The van der Waals surface area contributed by atoms with Gasteiger partial charge in [0.2, 0.25) is 0 Å². The van der Waals surface area contributed by atoms with Crippen LogP contribution >= 0.6 is 0 Å². The fraction of sp³-hybridized carbons (Fsp3) is 0.750. The van der Waals surface area contributed by atoms with E-state index in [9.17, 15) is 4.79 Å². The lowest BCUT2D eigenvalue weighted by molar-refractivity contribution is -0.139. The number of ether oxygens (including phenoxy) is 1. The Morgan fingerprint density at radius 2 is 1.63 bits per heavy atom. The van der Waals surface area contributed by atoms with E-state index in [2.05, 4.69) is 13.5 Å². The second-order valence-electron chi connectivity index (χ2n) is 4.02. The van der Waals surface area contributed by atoms with Crippen LogP contribution in [0.1, 0.15) is 20.3 Å². The van der Waals surface area contributed by atoms with E-state index in [1.807, 2.05) is 0 Å². The maximum Gasteiger partial charge on any atom is 0.500 e. The average molecular weight is 309 g/mol. The Labute approximate surface area is 121 Å². The van der Waals surface area contributed by atoms with E-state index < -0.39 is 8.80 Å². The lowest BCUT2D eigenvalue weighted by Gasteiger charge is -2.24. The van der Waals surface area contributed by atoms with E-state index in [1.165, 1.54) is 16.3 Å². The molecule has 0 aromatic heterocycles. The molecule has 0 saturated heterocycles. The van der Waals surface area contributed by atoms with Gasteiger partial charge in [0, 0.05) is 43.2 Å². The standard InChI is InChI=1S/C10H20O5Si.C2H8Si/c1-9(2)10(11)15-7-6-8-16(12-3,13-4)14-5;1-2-3/h1,6-8H2,2-5H3;2H2,1,3H3. The van der Waals surface area contributed by atoms with E-state index in [1.54, 1.807) is 28.3 Å². The fourth-order valence-corrected chi connectivity index (χ4v) is 2.82. The summed E-state index contributed by atoms with van der Waals surface area (Å²) < 4.78 is 20.6. The Morgan fingerprint density at radius 3 is 1.95 bits per heavy atom. The monoisotopic (exact) mass is 308 g/mol. The SMILES string of the molecule is C=C(C)C(=O)OCCC[Si](OC)(OC)OC.CC[SiH3]. The second-order valence-corrected chi connectivity index (χ2v) is 8.53. The molecule has 0 saturated carbocycles. The van der Waals surface area contributed by atoms with Crippen LogP contribution in [0.5, 0.6) is 0 Å². The fourth-order valence-electron chi connectivity index (χ4n) is 1.13. The van der Waals surface area contributed by atoms with E-state index in [0.29, 0.717) is 24.6 Å². The topological polar surface area (TPSA) is 54.0 Å². The third kappa shape index (κ3) is 10.0. The molecule has 0 aliphatic carbocycles. The summed E-state index contributed by atoms with van der Waals surface area (Å²) in [6.07, 6.45) is 0.640. The van der Waals surface area contributed by atoms with Crippen LogP contribution in [0.25, 0.3) is 0 Å². The molecule has 0 heterocycles. The van der Waals surface area contributed by atoms with Crippen molar-refractivity contribution >= 4 is 25.0 Å².